The second-order valence-electron chi connectivity index (χ2n) is 6.35. The standard InChI is InChI=1S/C17H28N2/c1-14(2)10-11-18-16-6-8-17(9-7-16)19-12-4-5-15(3)13-19/h6-9,14-15,18H,4-5,10-13H2,1-3H3. The van der Waals surface area contributed by atoms with Gasteiger partial charge in [0.2, 0.25) is 0 Å². The molecule has 1 aliphatic rings. The minimum absolute atomic E-state index is 0.765. The van der Waals surface area contributed by atoms with Gasteiger partial charge in [-0.1, -0.05) is 20.8 Å². The number of piperidine rings is 1. The minimum atomic E-state index is 0.765. The van der Waals surface area contributed by atoms with Crippen LogP contribution in [0.1, 0.15) is 40.0 Å². The van der Waals surface area contributed by atoms with E-state index in [1.807, 2.05) is 0 Å². The molecule has 1 N–H and O–H groups in total. The van der Waals surface area contributed by atoms with Crippen molar-refractivity contribution >= 4 is 11.4 Å². The lowest BCUT2D eigenvalue weighted by Gasteiger charge is -2.32. The third kappa shape index (κ3) is 4.45. The first-order chi connectivity index (χ1) is 9.15. The first kappa shape index (κ1) is 14.2. The number of hydrogen-bond acceptors (Lipinski definition) is 2. The van der Waals surface area contributed by atoms with Gasteiger partial charge in [0.25, 0.3) is 0 Å². The lowest BCUT2D eigenvalue weighted by Crippen LogP contribution is -2.34. The predicted molar refractivity (Wildman–Crippen MR) is 85.0 cm³/mol. The van der Waals surface area contributed by atoms with E-state index in [0.717, 1.165) is 18.4 Å². The van der Waals surface area contributed by atoms with Gasteiger partial charge in [-0.25, -0.2) is 0 Å². The van der Waals surface area contributed by atoms with Crippen LogP contribution in [0.15, 0.2) is 24.3 Å². The van der Waals surface area contributed by atoms with E-state index in [9.17, 15) is 0 Å². The molecule has 1 atom stereocenters. The molecule has 0 aliphatic carbocycles. The summed E-state index contributed by atoms with van der Waals surface area (Å²) in [7, 11) is 0. The van der Waals surface area contributed by atoms with Crippen molar-refractivity contribution in [3.63, 3.8) is 0 Å². The quantitative estimate of drug-likeness (QED) is 0.845. The van der Waals surface area contributed by atoms with Crippen molar-refractivity contribution < 1.29 is 0 Å². The highest BCUT2D eigenvalue weighted by atomic mass is 15.1. The Labute approximate surface area is 118 Å². The Morgan fingerprint density at radius 2 is 2.00 bits per heavy atom. The highest BCUT2D eigenvalue weighted by Crippen LogP contribution is 2.24. The van der Waals surface area contributed by atoms with E-state index < -0.39 is 0 Å². The first-order valence-electron chi connectivity index (χ1n) is 7.74. The maximum Gasteiger partial charge on any atom is 0.0367 e. The van der Waals surface area contributed by atoms with Gasteiger partial charge in [-0.05, 0) is 55.4 Å². The van der Waals surface area contributed by atoms with Crippen LogP contribution in [-0.2, 0) is 0 Å². The summed E-state index contributed by atoms with van der Waals surface area (Å²) in [6.07, 6.45) is 3.94. The zero-order chi connectivity index (χ0) is 13.7. The molecule has 0 saturated carbocycles. The average Bonchev–Trinajstić information content (AvgIpc) is 2.39. The Hall–Kier alpha value is -1.18. The van der Waals surface area contributed by atoms with E-state index in [0.29, 0.717) is 0 Å². The summed E-state index contributed by atoms with van der Waals surface area (Å²) in [6, 6.07) is 8.95. The Balaban J connectivity index is 1.87. The van der Waals surface area contributed by atoms with Crippen molar-refractivity contribution in [1.29, 1.82) is 0 Å². The molecule has 0 aromatic heterocycles. The van der Waals surface area contributed by atoms with Crippen molar-refractivity contribution in [2.24, 2.45) is 11.8 Å². The normalized spacial score (nSPS) is 19.8. The molecule has 0 bridgehead atoms. The van der Waals surface area contributed by atoms with E-state index in [1.165, 1.54) is 43.7 Å². The molecule has 2 nitrogen and oxygen atoms in total. The molecule has 0 amide bonds. The Bertz CT molecular complexity index is 369. The zero-order valence-electron chi connectivity index (χ0n) is 12.7. The molecular weight excluding hydrogens is 232 g/mol. The SMILES string of the molecule is CC(C)CCNc1ccc(N2CCCC(C)C2)cc1. The fraction of sp³-hybridized carbons (Fsp3) is 0.647. The maximum atomic E-state index is 3.50. The summed E-state index contributed by atoms with van der Waals surface area (Å²) in [5.74, 6) is 1.60. The predicted octanol–water partition coefficient (Wildman–Crippen LogP) is 4.38. The largest absolute Gasteiger partial charge is 0.385 e. The van der Waals surface area contributed by atoms with Gasteiger partial charge in [0.15, 0.2) is 0 Å². The monoisotopic (exact) mass is 260 g/mol. The molecule has 106 valence electrons. The molecule has 1 fully saturated rings. The van der Waals surface area contributed by atoms with Gasteiger partial charge in [0, 0.05) is 31.0 Å². The molecule has 1 aliphatic heterocycles. The third-order valence-electron chi connectivity index (χ3n) is 3.94. The number of anilines is 2. The van der Waals surface area contributed by atoms with Crippen LogP contribution >= 0.6 is 0 Å². The summed E-state index contributed by atoms with van der Waals surface area (Å²) in [4.78, 5) is 2.52. The second-order valence-corrected chi connectivity index (χ2v) is 6.35. The average molecular weight is 260 g/mol. The zero-order valence-corrected chi connectivity index (χ0v) is 12.7. The van der Waals surface area contributed by atoms with E-state index >= 15 is 0 Å². The molecule has 1 saturated heterocycles. The number of hydrogen-bond donors (Lipinski definition) is 1. The fourth-order valence-electron chi connectivity index (χ4n) is 2.72. The number of nitrogens with one attached hydrogen (secondary N) is 1. The molecule has 1 heterocycles. The van der Waals surface area contributed by atoms with Gasteiger partial charge >= 0.3 is 0 Å². The fourth-order valence-corrected chi connectivity index (χ4v) is 2.72. The van der Waals surface area contributed by atoms with Crippen LogP contribution in [0.25, 0.3) is 0 Å². The van der Waals surface area contributed by atoms with Crippen molar-refractivity contribution in [3.05, 3.63) is 24.3 Å². The molecule has 19 heavy (non-hydrogen) atoms. The molecule has 0 radical (unpaired) electrons. The summed E-state index contributed by atoms with van der Waals surface area (Å²) < 4.78 is 0. The van der Waals surface area contributed by atoms with Crippen molar-refractivity contribution in [2.45, 2.75) is 40.0 Å². The van der Waals surface area contributed by atoms with E-state index in [-0.39, 0.29) is 0 Å². The van der Waals surface area contributed by atoms with Crippen molar-refractivity contribution in [1.82, 2.24) is 0 Å². The van der Waals surface area contributed by atoms with Gasteiger partial charge in [0.1, 0.15) is 0 Å². The molecule has 1 aromatic carbocycles. The number of rotatable bonds is 5. The van der Waals surface area contributed by atoms with Crippen molar-refractivity contribution in [3.8, 4) is 0 Å². The summed E-state index contributed by atoms with van der Waals surface area (Å²) >= 11 is 0. The minimum Gasteiger partial charge on any atom is -0.385 e. The maximum absolute atomic E-state index is 3.50. The van der Waals surface area contributed by atoms with Gasteiger partial charge in [-0.2, -0.15) is 0 Å². The summed E-state index contributed by atoms with van der Waals surface area (Å²) in [6.45, 7) is 10.4. The Kier molecular flexibility index (Phi) is 5.12. The van der Waals surface area contributed by atoms with E-state index in [1.54, 1.807) is 0 Å². The van der Waals surface area contributed by atoms with Crippen LogP contribution in [0.2, 0.25) is 0 Å². The smallest absolute Gasteiger partial charge is 0.0367 e. The second kappa shape index (κ2) is 6.83. The van der Waals surface area contributed by atoms with Crippen LogP contribution in [0.3, 0.4) is 0 Å². The highest BCUT2D eigenvalue weighted by molar-refractivity contribution is 5.55. The van der Waals surface area contributed by atoms with Gasteiger partial charge in [-0.15, -0.1) is 0 Å². The van der Waals surface area contributed by atoms with Crippen LogP contribution < -0.4 is 10.2 Å². The van der Waals surface area contributed by atoms with Gasteiger partial charge in [0.05, 0.1) is 0 Å². The third-order valence-corrected chi connectivity index (χ3v) is 3.94. The van der Waals surface area contributed by atoms with E-state index in [2.05, 4.69) is 55.3 Å². The first-order valence-corrected chi connectivity index (χ1v) is 7.74. The summed E-state index contributed by atoms with van der Waals surface area (Å²) in [5, 5.41) is 3.50. The lowest BCUT2D eigenvalue weighted by atomic mass is 10.00. The van der Waals surface area contributed by atoms with Crippen LogP contribution in [0.5, 0.6) is 0 Å². The molecule has 2 heteroatoms. The van der Waals surface area contributed by atoms with Crippen LogP contribution in [0.4, 0.5) is 11.4 Å². The molecule has 1 aromatic rings. The molecular formula is C17H28N2. The van der Waals surface area contributed by atoms with Crippen LogP contribution in [0, 0.1) is 11.8 Å². The molecule has 0 spiro atoms. The number of benzene rings is 1. The highest BCUT2D eigenvalue weighted by Gasteiger charge is 2.16. The number of nitrogens with zero attached hydrogens (tertiary/aromatic N) is 1. The molecule has 2 rings (SSSR count). The Morgan fingerprint density at radius 1 is 1.26 bits per heavy atom. The lowest BCUT2D eigenvalue weighted by molar-refractivity contribution is 0.447. The summed E-state index contributed by atoms with van der Waals surface area (Å²) in [5.41, 5.74) is 2.62. The van der Waals surface area contributed by atoms with Gasteiger partial charge in [-0.3, -0.25) is 0 Å². The molecule has 1 unspecified atom stereocenters. The topological polar surface area (TPSA) is 15.3 Å². The van der Waals surface area contributed by atoms with Crippen molar-refractivity contribution in [2.75, 3.05) is 29.9 Å². The van der Waals surface area contributed by atoms with Gasteiger partial charge < -0.3 is 10.2 Å². The van der Waals surface area contributed by atoms with Crippen LogP contribution in [-0.4, -0.2) is 19.6 Å². The van der Waals surface area contributed by atoms with E-state index in [4.69, 9.17) is 0 Å². The Morgan fingerprint density at radius 3 is 2.63 bits per heavy atom.